The van der Waals surface area contributed by atoms with Gasteiger partial charge in [-0.1, -0.05) is 164 Å². The van der Waals surface area contributed by atoms with E-state index in [0.29, 0.717) is 0 Å². The monoisotopic (exact) mass is 641 g/mol. The Hall–Kier alpha value is -5.96. The van der Waals surface area contributed by atoms with Crippen LogP contribution in [0.25, 0.3) is 53.2 Å². The highest BCUT2D eigenvalue weighted by molar-refractivity contribution is 7.27. The minimum Gasteiger partial charge on any atom is -0.355 e. The van der Waals surface area contributed by atoms with E-state index < -0.39 is 5.41 Å². The molecule has 1 nitrogen and oxygen atoms in total. The van der Waals surface area contributed by atoms with Gasteiger partial charge in [0, 0.05) is 37.1 Å². The van der Waals surface area contributed by atoms with E-state index in [4.69, 9.17) is 0 Å². The van der Waals surface area contributed by atoms with Crippen LogP contribution >= 0.6 is 11.3 Å². The van der Waals surface area contributed by atoms with Crippen LogP contribution in [-0.2, 0) is 5.41 Å². The van der Waals surface area contributed by atoms with Gasteiger partial charge in [-0.2, -0.15) is 0 Å². The number of nitrogens with one attached hydrogen (secondary N) is 1. The van der Waals surface area contributed by atoms with Crippen LogP contribution in [0.1, 0.15) is 22.3 Å². The van der Waals surface area contributed by atoms with Crippen LogP contribution in [0.5, 0.6) is 0 Å². The summed E-state index contributed by atoms with van der Waals surface area (Å²) < 4.78 is 2.70. The molecule has 0 saturated heterocycles. The molecule has 1 N–H and O–H groups in total. The zero-order chi connectivity index (χ0) is 32.4. The van der Waals surface area contributed by atoms with Crippen molar-refractivity contribution in [1.29, 1.82) is 0 Å². The molecule has 0 radical (unpaired) electrons. The highest BCUT2D eigenvalue weighted by atomic mass is 32.1. The van der Waals surface area contributed by atoms with Crippen LogP contribution in [0.4, 0.5) is 11.4 Å². The summed E-state index contributed by atoms with van der Waals surface area (Å²) in [5.74, 6) is 0. The third kappa shape index (κ3) is 4.18. The Labute approximate surface area is 289 Å². The highest BCUT2D eigenvalue weighted by Crippen LogP contribution is 2.58. The molecule has 0 atom stereocenters. The quantitative estimate of drug-likeness (QED) is 0.197. The smallest absolute Gasteiger partial charge is 0.0714 e. The van der Waals surface area contributed by atoms with E-state index in [1.807, 2.05) is 11.3 Å². The number of rotatable bonds is 5. The van der Waals surface area contributed by atoms with E-state index in [1.165, 1.54) is 75.5 Å². The second-order valence-electron chi connectivity index (χ2n) is 12.9. The lowest BCUT2D eigenvalue weighted by Gasteiger charge is -2.33. The fourth-order valence-corrected chi connectivity index (χ4v) is 9.61. The SMILES string of the molecule is c1ccc(C2(c3ccccc3)c3ccccc3-c3c(Nc4ccc(-c5cccc6c5sc5c7ccccc7ccc65)cc4)cccc32)cc1. The molecule has 0 saturated carbocycles. The van der Waals surface area contributed by atoms with Crippen molar-refractivity contribution in [2.75, 3.05) is 5.32 Å². The molecule has 0 unspecified atom stereocenters. The summed E-state index contributed by atoms with van der Waals surface area (Å²) in [6.07, 6.45) is 0. The van der Waals surface area contributed by atoms with Gasteiger partial charge < -0.3 is 5.32 Å². The second-order valence-corrected chi connectivity index (χ2v) is 13.9. The van der Waals surface area contributed by atoms with Crippen molar-refractivity contribution in [3.8, 4) is 22.3 Å². The molecular weight excluding hydrogens is 611 g/mol. The molecule has 8 aromatic carbocycles. The van der Waals surface area contributed by atoms with Crippen LogP contribution < -0.4 is 5.32 Å². The van der Waals surface area contributed by atoms with E-state index in [1.54, 1.807) is 0 Å². The van der Waals surface area contributed by atoms with Crippen molar-refractivity contribution in [2.24, 2.45) is 0 Å². The molecule has 0 bridgehead atoms. The van der Waals surface area contributed by atoms with Crippen molar-refractivity contribution in [2.45, 2.75) is 5.41 Å². The van der Waals surface area contributed by atoms with Crippen molar-refractivity contribution in [1.82, 2.24) is 0 Å². The predicted molar refractivity (Wildman–Crippen MR) is 209 cm³/mol. The number of anilines is 2. The van der Waals surface area contributed by atoms with Gasteiger partial charge in [-0.05, 0) is 67.9 Å². The minimum atomic E-state index is -0.412. The molecule has 1 heterocycles. The maximum Gasteiger partial charge on any atom is 0.0714 e. The number of fused-ring (bicyclic) bond motifs is 8. The summed E-state index contributed by atoms with van der Waals surface area (Å²) in [5.41, 5.74) is 12.0. The molecule has 1 aliphatic carbocycles. The molecule has 1 aliphatic rings. The molecule has 10 rings (SSSR count). The second kappa shape index (κ2) is 11.1. The van der Waals surface area contributed by atoms with Gasteiger partial charge in [-0.15, -0.1) is 11.3 Å². The third-order valence-electron chi connectivity index (χ3n) is 10.3. The molecule has 0 amide bonds. The first-order valence-electron chi connectivity index (χ1n) is 16.9. The summed E-state index contributed by atoms with van der Waals surface area (Å²) in [7, 11) is 0. The van der Waals surface area contributed by atoms with E-state index in [9.17, 15) is 0 Å². The fourth-order valence-electron chi connectivity index (χ4n) is 8.24. The standard InChI is InChI=1S/C47H31NS/c1-3-14-33(15-4-1)47(34-16-5-2-6-17-34)41-22-10-9-19-40(41)44-42(47)23-12-24-43(44)48-35-28-25-32(26-29-35)37-20-11-21-38-39-30-27-31-13-7-8-18-36(31)46(39)49-45(37)38/h1-30,48H. The van der Waals surface area contributed by atoms with Crippen LogP contribution in [0.3, 0.4) is 0 Å². The van der Waals surface area contributed by atoms with E-state index in [0.717, 1.165) is 11.4 Å². The zero-order valence-corrected chi connectivity index (χ0v) is 27.5. The fraction of sp³-hybridized carbons (Fsp3) is 0.0213. The molecule has 2 heteroatoms. The molecule has 230 valence electrons. The van der Waals surface area contributed by atoms with Crippen LogP contribution in [0, 0.1) is 0 Å². The third-order valence-corrected chi connectivity index (χ3v) is 11.6. The van der Waals surface area contributed by atoms with E-state index >= 15 is 0 Å². The van der Waals surface area contributed by atoms with Crippen molar-refractivity contribution in [3.63, 3.8) is 0 Å². The Balaban J connectivity index is 1.08. The van der Waals surface area contributed by atoms with Gasteiger partial charge in [-0.25, -0.2) is 0 Å². The van der Waals surface area contributed by atoms with Gasteiger partial charge >= 0.3 is 0 Å². The molecule has 0 spiro atoms. The first-order chi connectivity index (χ1) is 24.3. The van der Waals surface area contributed by atoms with Gasteiger partial charge in [0.25, 0.3) is 0 Å². The first kappa shape index (κ1) is 28.1. The topological polar surface area (TPSA) is 12.0 Å². The number of hydrogen-bond acceptors (Lipinski definition) is 2. The van der Waals surface area contributed by atoms with Crippen molar-refractivity contribution >= 4 is 53.7 Å². The molecule has 0 fully saturated rings. The molecular formula is C47H31NS. The summed E-state index contributed by atoms with van der Waals surface area (Å²) >= 11 is 1.91. The minimum absolute atomic E-state index is 0.412. The van der Waals surface area contributed by atoms with Gasteiger partial charge in [0.1, 0.15) is 0 Å². The van der Waals surface area contributed by atoms with Crippen molar-refractivity contribution < 1.29 is 0 Å². The molecule has 9 aromatic rings. The largest absolute Gasteiger partial charge is 0.355 e. The summed E-state index contributed by atoms with van der Waals surface area (Å²) in [6, 6.07) is 66.5. The first-order valence-corrected chi connectivity index (χ1v) is 17.7. The molecule has 1 aromatic heterocycles. The van der Waals surface area contributed by atoms with Gasteiger partial charge in [0.15, 0.2) is 0 Å². The average Bonchev–Trinajstić information content (AvgIpc) is 3.71. The van der Waals surface area contributed by atoms with Crippen molar-refractivity contribution in [3.05, 3.63) is 204 Å². The number of benzene rings is 8. The Morgan fingerprint density at radius 2 is 1.02 bits per heavy atom. The number of hydrogen-bond donors (Lipinski definition) is 1. The summed E-state index contributed by atoms with van der Waals surface area (Å²) in [4.78, 5) is 0. The lowest BCUT2D eigenvalue weighted by atomic mass is 9.68. The Morgan fingerprint density at radius 1 is 0.408 bits per heavy atom. The normalized spacial score (nSPS) is 13.1. The van der Waals surface area contributed by atoms with Crippen LogP contribution in [0.2, 0.25) is 0 Å². The maximum atomic E-state index is 3.85. The zero-order valence-electron chi connectivity index (χ0n) is 26.7. The van der Waals surface area contributed by atoms with Crippen LogP contribution in [0.15, 0.2) is 182 Å². The maximum absolute atomic E-state index is 3.85. The highest BCUT2D eigenvalue weighted by Gasteiger charge is 2.46. The lowest BCUT2D eigenvalue weighted by molar-refractivity contribution is 0.768. The van der Waals surface area contributed by atoms with E-state index in [-0.39, 0.29) is 0 Å². The number of thiophene rings is 1. The Bertz CT molecular complexity index is 2630. The van der Waals surface area contributed by atoms with Gasteiger partial charge in [0.05, 0.1) is 5.41 Å². The molecule has 49 heavy (non-hydrogen) atoms. The van der Waals surface area contributed by atoms with E-state index in [2.05, 4.69) is 187 Å². The predicted octanol–water partition coefficient (Wildman–Crippen LogP) is 13.0. The lowest BCUT2D eigenvalue weighted by Crippen LogP contribution is -2.28. The van der Waals surface area contributed by atoms with Crippen LogP contribution in [-0.4, -0.2) is 0 Å². The Kier molecular flexibility index (Phi) is 6.34. The average molecular weight is 642 g/mol. The van der Waals surface area contributed by atoms with Gasteiger partial charge in [0.2, 0.25) is 0 Å². The summed E-state index contributed by atoms with van der Waals surface area (Å²) in [5, 5.41) is 9.12. The Morgan fingerprint density at radius 3 is 1.82 bits per heavy atom. The molecule has 0 aliphatic heterocycles. The summed E-state index contributed by atoms with van der Waals surface area (Å²) in [6.45, 7) is 0. The van der Waals surface area contributed by atoms with Gasteiger partial charge in [-0.3, -0.25) is 0 Å².